The monoisotopic (exact) mass is 144 g/mol. The van der Waals surface area contributed by atoms with Gasteiger partial charge in [-0.2, -0.15) is 0 Å². The molecule has 3 N–H and O–H groups in total. The van der Waals surface area contributed by atoms with Crippen molar-refractivity contribution in [1.82, 2.24) is 5.32 Å². The molecule has 0 aliphatic carbocycles. The van der Waals surface area contributed by atoms with Gasteiger partial charge in [0.1, 0.15) is 0 Å². The Morgan fingerprint density at radius 3 is 3.10 bits per heavy atom. The van der Waals surface area contributed by atoms with E-state index in [4.69, 9.17) is 5.73 Å². The average molecular weight is 144 g/mol. The predicted octanol–water partition coefficient (Wildman–Crippen LogP) is -0.309. The van der Waals surface area contributed by atoms with Crippen molar-refractivity contribution in [2.24, 2.45) is 11.7 Å². The van der Waals surface area contributed by atoms with Crippen molar-refractivity contribution in [1.29, 1.82) is 0 Å². The van der Waals surface area contributed by atoms with E-state index in [1.807, 2.05) is 0 Å². The van der Waals surface area contributed by atoms with Crippen LogP contribution in [0.2, 0.25) is 0 Å². The first-order chi connectivity index (χ1) is 4.79. The van der Waals surface area contributed by atoms with E-state index in [2.05, 4.69) is 10.1 Å². The van der Waals surface area contributed by atoms with Crippen LogP contribution in [0.4, 0.5) is 4.79 Å². The van der Waals surface area contributed by atoms with Gasteiger partial charge in [0.05, 0.1) is 6.61 Å². The number of primary amides is 1. The minimum absolute atomic E-state index is 0.461. The molecule has 1 aliphatic heterocycles. The highest BCUT2D eigenvalue weighted by Crippen LogP contribution is 2.06. The third-order valence-corrected chi connectivity index (χ3v) is 1.62. The van der Waals surface area contributed by atoms with Crippen LogP contribution < -0.4 is 11.1 Å². The fourth-order valence-corrected chi connectivity index (χ4v) is 1.06. The number of hydrogen-bond donors (Lipinski definition) is 2. The summed E-state index contributed by atoms with van der Waals surface area (Å²) in [5.74, 6) is 0.465. The molecule has 58 valence electrons. The summed E-state index contributed by atoms with van der Waals surface area (Å²) in [6.45, 7) is 2.42. The molecule has 1 rings (SSSR count). The summed E-state index contributed by atoms with van der Waals surface area (Å²) in [6, 6.07) is 0. The molecule has 4 nitrogen and oxygen atoms in total. The van der Waals surface area contributed by atoms with Gasteiger partial charge in [-0.3, -0.25) is 0 Å². The highest BCUT2D eigenvalue weighted by atomic mass is 16.5. The summed E-state index contributed by atoms with van der Waals surface area (Å²) < 4.78 is 4.62. The van der Waals surface area contributed by atoms with E-state index >= 15 is 0 Å². The number of ether oxygens (including phenoxy) is 1. The van der Waals surface area contributed by atoms with Gasteiger partial charge in [0.25, 0.3) is 0 Å². The average Bonchev–Trinajstić information content (AvgIpc) is 2.34. The molecular formula is C6H12N2O2. The van der Waals surface area contributed by atoms with Crippen LogP contribution in [0.15, 0.2) is 0 Å². The van der Waals surface area contributed by atoms with Gasteiger partial charge in [-0.25, -0.2) is 4.79 Å². The number of carbonyl (C=O) groups is 1. The maximum absolute atomic E-state index is 10.1. The molecule has 4 heteroatoms. The zero-order chi connectivity index (χ0) is 7.40. The Hall–Kier alpha value is -0.770. The van der Waals surface area contributed by atoms with Gasteiger partial charge < -0.3 is 15.8 Å². The Bertz CT molecular complexity index is 121. The zero-order valence-corrected chi connectivity index (χ0v) is 5.80. The first-order valence-corrected chi connectivity index (χ1v) is 3.42. The lowest BCUT2D eigenvalue weighted by Crippen LogP contribution is -2.20. The van der Waals surface area contributed by atoms with E-state index < -0.39 is 6.09 Å². The molecule has 10 heavy (non-hydrogen) atoms. The number of hydrogen-bond acceptors (Lipinski definition) is 3. The van der Waals surface area contributed by atoms with Gasteiger partial charge in [0.15, 0.2) is 0 Å². The molecular weight excluding hydrogens is 132 g/mol. The number of nitrogens with two attached hydrogens (primary N) is 1. The molecule has 0 aromatic rings. The molecule has 1 atom stereocenters. The first kappa shape index (κ1) is 7.34. The highest BCUT2D eigenvalue weighted by Gasteiger charge is 2.15. The van der Waals surface area contributed by atoms with E-state index in [0.29, 0.717) is 12.5 Å². The Labute approximate surface area is 59.7 Å². The van der Waals surface area contributed by atoms with Gasteiger partial charge in [-0.15, -0.1) is 0 Å². The van der Waals surface area contributed by atoms with Crippen LogP contribution in [0.5, 0.6) is 0 Å². The number of nitrogens with one attached hydrogen (secondary N) is 1. The minimum Gasteiger partial charge on any atom is -0.449 e. The maximum atomic E-state index is 10.1. The van der Waals surface area contributed by atoms with Crippen LogP contribution in [-0.4, -0.2) is 25.8 Å². The topological polar surface area (TPSA) is 64.4 Å². The van der Waals surface area contributed by atoms with Crippen LogP contribution in [0.25, 0.3) is 0 Å². The molecule has 0 spiro atoms. The largest absolute Gasteiger partial charge is 0.449 e. The Balaban J connectivity index is 2.07. The quantitative estimate of drug-likeness (QED) is 0.558. The second kappa shape index (κ2) is 3.41. The molecule has 1 unspecified atom stereocenters. The molecule has 1 aliphatic rings. The molecule has 1 heterocycles. The summed E-state index contributed by atoms with van der Waals surface area (Å²) in [6.07, 6.45) is 0.403. The number of carbonyl (C=O) groups excluding carboxylic acids is 1. The second-order valence-corrected chi connectivity index (χ2v) is 2.49. The second-order valence-electron chi connectivity index (χ2n) is 2.49. The Morgan fingerprint density at radius 2 is 2.60 bits per heavy atom. The lowest BCUT2D eigenvalue weighted by Gasteiger charge is -2.06. The van der Waals surface area contributed by atoms with Crippen molar-refractivity contribution in [2.75, 3.05) is 19.7 Å². The highest BCUT2D eigenvalue weighted by molar-refractivity contribution is 5.64. The van der Waals surface area contributed by atoms with Crippen molar-refractivity contribution >= 4 is 6.09 Å². The van der Waals surface area contributed by atoms with Gasteiger partial charge in [0, 0.05) is 12.5 Å². The zero-order valence-electron chi connectivity index (χ0n) is 5.80. The van der Waals surface area contributed by atoms with Crippen LogP contribution >= 0.6 is 0 Å². The third kappa shape index (κ3) is 2.23. The van der Waals surface area contributed by atoms with Crippen LogP contribution in [-0.2, 0) is 4.74 Å². The lowest BCUT2D eigenvalue weighted by atomic mass is 10.1. The van der Waals surface area contributed by atoms with Crippen molar-refractivity contribution in [3.8, 4) is 0 Å². The van der Waals surface area contributed by atoms with Crippen LogP contribution in [0, 0.1) is 5.92 Å². The molecule has 0 saturated carbocycles. The Morgan fingerprint density at radius 1 is 1.80 bits per heavy atom. The van der Waals surface area contributed by atoms with Crippen molar-refractivity contribution in [3.63, 3.8) is 0 Å². The van der Waals surface area contributed by atoms with E-state index in [1.165, 1.54) is 0 Å². The number of rotatable bonds is 2. The van der Waals surface area contributed by atoms with Gasteiger partial charge in [0.2, 0.25) is 0 Å². The van der Waals surface area contributed by atoms with Crippen LogP contribution in [0.1, 0.15) is 6.42 Å². The van der Waals surface area contributed by atoms with Gasteiger partial charge in [-0.1, -0.05) is 0 Å². The normalized spacial score (nSPS) is 24.6. The first-order valence-electron chi connectivity index (χ1n) is 3.42. The minimum atomic E-state index is -0.674. The van der Waals surface area contributed by atoms with E-state index in [-0.39, 0.29) is 0 Å². The SMILES string of the molecule is NC(=O)OCC1CCNC1. The van der Waals surface area contributed by atoms with E-state index in [0.717, 1.165) is 19.5 Å². The smallest absolute Gasteiger partial charge is 0.404 e. The fourth-order valence-electron chi connectivity index (χ4n) is 1.06. The molecule has 1 fully saturated rings. The molecule has 0 aromatic carbocycles. The fraction of sp³-hybridized carbons (Fsp3) is 0.833. The molecule has 0 aromatic heterocycles. The summed E-state index contributed by atoms with van der Waals surface area (Å²) >= 11 is 0. The standard InChI is InChI=1S/C6H12N2O2/c7-6(9)10-4-5-1-2-8-3-5/h5,8H,1-4H2,(H2,7,9). The van der Waals surface area contributed by atoms with E-state index in [1.54, 1.807) is 0 Å². The van der Waals surface area contributed by atoms with Gasteiger partial charge >= 0.3 is 6.09 Å². The van der Waals surface area contributed by atoms with Crippen LogP contribution in [0.3, 0.4) is 0 Å². The van der Waals surface area contributed by atoms with Gasteiger partial charge in [-0.05, 0) is 13.0 Å². The summed E-state index contributed by atoms with van der Waals surface area (Å²) in [4.78, 5) is 10.1. The summed E-state index contributed by atoms with van der Waals surface area (Å²) in [7, 11) is 0. The molecule has 0 bridgehead atoms. The molecule has 1 saturated heterocycles. The van der Waals surface area contributed by atoms with E-state index in [9.17, 15) is 4.79 Å². The third-order valence-electron chi connectivity index (χ3n) is 1.62. The van der Waals surface area contributed by atoms with Crippen molar-refractivity contribution in [2.45, 2.75) is 6.42 Å². The summed E-state index contributed by atoms with van der Waals surface area (Å²) in [5.41, 5.74) is 4.79. The number of amides is 1. The van der Waals surface area contributed by atoms with Crippen molar-refractivity contribution < 1.29 is 9.53 Å². The molecule has 1 amide bonds. The predicted molar refractivity (Wildman–Crippen MR) is 36.5 cm³/mol. The lowest BCUT2D eigenvalue weighted by molar-refractivity contribution is 0.140. The summed E-state index contributed by atoms with van der Waals surface area (Å²) in [5, 5.41) is 3.16. The van der Waals surface area contributed by atoms with Crippen molar-refractivity contribution in [3.05, 3.63) is 0 Å². The maximum Gasteiger partial charge on any atom is 0.404 e. The Kier molecular flexibility index (Phi) is 2.50. The molecule has 0 radical (unpaired) electrons.